The fourth-order valence-electron chi connectivity index (χ4n) is 2.64. The molecule has 0 spiro atoms. The number of alkyl halides is 3. The van der Waals surface area contributed by atoms with Gasteiger partial charge in [-0.05, 0) is 48.5 Å². The number of benzene rings is 2. The van der Waals surface area contributed by atoms with E-state index in [9.17, 15) is 18.0 Å². The topological polar surface area (TPSA) is 67.5 Å². The average molecular weight is 494 g/mol. The van der Waals surface area contributed by atoms with Gasteiger partial charge in [-0.25, -0.2) is 9.98 Å². The van der Waals surface area contributed by atoms with Crippen LogP contribution in [0.2, 0.25) is 0 Å². The van der Waals surface area contributed by atoms with Crippen molar-refractivity contribution in [2.24, 2.45) is 4.99 Å². The number of nitrogens with zero attached hydrogens (tertiary/aromatic N) is 2. The van der Waals surface area contributed by atoms with Crippen LogP contribution in [0.3, 0.4) is 0 Å². The van der Waals surface area contributed by atoms with E-state index in [-0.39, 0.29) is 16.8 Å². The first-order chi connectivity index (χ1) is 14.3. The van der Waals surface area contributed by atoms with Crippen LogP contribution >= 0.6 is 27.3 Å². The van der Waals surface area contributed by atoms with Crippen molar-refractivity contribution >= 4 is 55.0 Å². The van der Waals surface area contributed by atoms with Gasteiger partial charge in [0.2, 0.25) is 5.55 Å². The molecule has 1 N–H and O–H groups in total. The van der Waals surface area contributed by atoms with Crippen LogP contribution in [0.5, 0.6) is 0 Å². The van der Waals surface area contributed by atoms with Crippen LogP contribution in [0.1, 0.15) is 15.9 Å². The van der Waals surface area contributed by atoms with Gasteiger partial charge in [0, 0.05) is 21.4 Å². The Morgan fingerprint density at radius 1 is 1.13 bits per heavy atom. The van der Waals surface area contributed by atoms with Gasteiger partial charge in [-0.15, -0.1) is 11.3 Å². The molecule has 0 aliphatic rings. The number of carbonyl (C=O) groups excluding carboxylic acids is 1. The number of thiazole rings is 1. The molecule has 0 radical (unpaired) electrons. The molecule has 0 atom stereocenters. The van der Waals surface area contributed by atoms with Gasteiger partial charge in [-0.3, -0.25) is 10.1 Å². The van der Waals surface area contributed by atoms with E-state index >= 15 is 0 Å². The van der Waals surface area contributed by atoms with Crippen LogP contribution in [0.25, 0.3) is 11.0 Å². The largest absolute Gasteiger partial charge is 0.438 e. The number of hydrogen-bond acceptors (Lipinski definition) is 5. The average Bonchev–Trinajstić information content (AvgIpc) is 3.20. The minimum atomic E-state index is -4.45. The van der Waals surface area contributed by atoms with Gasteiger partial charge >= 0.3 is 6.18 Å². The second-order valence-electron chi connectivity index (χ2n) is 6.10. The Labute approximate surface area is 180 Å². The summed E-state index contributed by atoms with van der Waals surface area (Å²) in [5.41, 5.74) is -0.0148. The maximum absolute atomic E-state index is 12.8. The predicted octanol–water partition coefficient (Wildman–Crippen LogP) is 6.16. The fourth-order valence-corrected chi connectivity index (χ4v) is 3.54. The molecule has 30 heavy (non-hydrogen) atoms. The maximum atomic E-state index is 12.8. The molecular formula is C20H11BrF3N3O2S. The quantitative estimate of drug-likeness (QED) is 0.371. The highest BCUT2D eigenvalue weighted by Crippen LogP contribution is 2.30. The van der Waals surface area contributed by atoms with E-state index in [0.29, 0.717) is 16.1 Å². The highest BCUT2D eigenvalue weighted by atomic mass is 79.9. The third kappa shape index (κ3) is 4.44. The molecule has 5 nitrogen and oxygen atoms in total. The third-order valence-corrected chi connectivity index (χ3v) is 5.21. The van der Waals surface area contributed by atoms with E-state index in [1.54, 1.807) is 35.8 Å². The second kappa shape index (κ2) is 8.04. The van der Waals surface area contributed by atoms with Crippen LogP contribution in [-0.4, -0.2) is 10.9 Å². The lowest BCUT2D eigenvalue weighted by atomic mass is 10.1. The Kier molecular flexibility index (Phi) is 5.44. The molecule has 2 aromatic heterocycles. The summed E-state index contributed by atoms with van der Waals surface area (Å²) in [6.07, 6.45) is -2.90. The first-order valence-corrected chi connectivity index (χ1v) is 10.1. The van der Waals surface area contributed by atoms with Crippen molar-refractivity contribution in [2.75, 3.05) is 5.32 Å². The molecule has 0 bridgehead atoms. The molecule has 0 fully saturated rings. The number of hydrogen-bond donors (Lipinski definition) is 1. The van der Waals surface area contributed by atoms with Crippen LogP contribution in [0.15, 0.2) is 74.0 Å². The Balaban J connectivity index is 1.83. The van der Waals surface area contributed by atoms with E-state index < -0.39 is 17.6 Å². The third-order valence-electron chi connectivity index (χ3n) is 4.03. The van der Waals surface area contributed by atoms with Gasteiger partial charge in [0.25, 0.3) is 5.91 Å². The van der Waals surface area contributed by atoms with Crippen molar-refractivity contribution in [3.8, 4) is 0 Å². The van der Waals surface area contributed by atoms with Crippen molar-refractivity contribution in [3.63, 3.8) is 0 Å². The molecular weight excluding hydrogens is 483 g/mol. The number of amides is 1. The Hall–Kier alpha value is -2.98. The first-order valence-electron chi connectivity index (χ1n) is 8.46. The van der Waals surface area contributed by atoms with Gasteiger partial charge in [0.1, 0.15) is 11.1 Å². The number of nitrogens with one attached hydrogen (secondary N) is 1. The summed E-state index contributed by atoms with van der Waals surface area (Å²) in [5, 5.41) is 5.42. The van der Waals surface area contributed by atoms with Crippen molar-refractivity contribution in [3.05, 3.63) is 81.3 Å². The van der Waals surface area contributed by atoms with Crippen molar-refractivity contribution in [1.29, 1.82) is 0 Å². The van der Waals surface area contributed by atoms with Crippen molar-refractivity contribution in [1.82, 2.24) is 4.98 Å². The van der Waals surface area contributed by atoms with Crippen LogP contribution in [0.4, 0.5) is 24.0 Å². The maximum Gasteiger partial charge on any atom is 0.416 e. The number of carbonyl (C=O) groups is 1. The standard InChI is InChI=1S/C20H11BrF3N3O2S/c21-13-3-6-16-11(9-13)10-15(17(28)27-19-25-7-8-30-19)18(29-16)26-14-4-1-12(2-5-14)20(22,23)24/h1-10H,(H,25,27,28). The SMILES string of the molecule is O=C(Nc1nccs1)c1cc2cc(Br)ccc2oc1=Nc1ccc(C(F)(F)F)cc1. The summed E-state index contributed by atoms with van der Waals surface area (Å²) in [4.78, 5) is 21.1. The smallest absolute Gasteiger partial charge is 0.416 e. The molecule has 2 heterocycles. The Bertz CT molecular complexity index is 1280. The summed E-state index contributed by atoms with van der Waals surface area (Å²) in [7, 11) is 0. The fraction of sp³-hybridized carbons (Fsp3) is 0.0500. The summed E-state index contributed by atoms with van der Waals surface area (Å²) < 4.78 is 45.0. The van der Waals surface area contributed by atoms with E-state index in [2.05, 4.69) is 31.2 Å². The molecule has 1 amide bonds. The molecule has 0 unspecified atom stereocenters. The summed E-state index contributed by atoms with van der Waals surface area (Å²) in [6, 6.07) is 11.1. The normalized spacial score (nSPS) is 12.3. The van der Waals surface area contributed by atoms with Crippen molar-refractivity contribution < 1.29 is 22.4 Å². The van der Waals surface area contributed by atoms with Gasteiger partial charge in [0.15, 0.2) is 5.13 Å². The highest BCUT2D eigenvalue weighted by molar-refractivity contribution is 9.10. The summed E-state index contributed by atoms with van der Waals surface area (Å²) >= 11 is 4.62. The molecule has 10 heteroatoms. The van der Waals surface area contributed by atoms with E-state index in [1.165, 1.54) is 23.5 Å². The van der Waals surface area contributed by atoms with Gasteiger partial charge < -0.3 is 4.42 Å². The van der Waals surface area contributed by atoms with Crippen LogP contribution < -0.4 is 10.9 Å². The Morgan fingerprint density at radius 2 is 1.90 bits per heavy atom. The lowest BCUT2D eigenvalue weighted by Gasteiger charge is -2.07. The van der Waals surface area contributed by atoms with E-state index in [1.807, 2.05) is 0 Å². The van der Waals surface area contributed by atoms with E-state index in [4.69, 9.17) is 4.42 Å². The zero-order chi connectivity index (χ0) is 21.3. The minimum Gasteiger partial charge on any atom is -0.438 e. The van der Waals surface area contributed by atoms with Gasteiger partial charge in [-0.2, -0.15) is 13.2 Å². The minimum absolute atomic E-state index is 0.0290. The zero-order valence-electron chi connectivity index (χ0n) is 14.9. The highest BCUT2D eigenvalue weighted by Gasteiger charge is 2.29. The van der Waals surface area contributed by atoms with Gasteiger partial charge in [-0.1, -0.05) is 15.9 Å². The number of aromatic nitrogens is 1. The molecule has 0 aliphatic carbocycles. The van der Waals surface area contributed by atoms with E-state index in [0.717, 1.165) is 16.6 Å². The molecule has 152 valence electrons. The molecule has 0 saturated carbocycles. The predicted molar refractivity (Wildman–Crippen MR) is 111 cm³/mol. The summed E-state index contributed by atoms with van der Waals surface area (Å²) in [6.45, 7) is 0. The molecule has 2 aromatic carbocycles. The number of rotatable bonds is 3. The van der Waals surface area contributed by atoms with Crippen molar-refractivity contribution in [2.45, 2.75) is 6.18 Å². The lowest BCUT2D eigenvalue weighted by molar-refractivity contribution is -0.137. The first kappa shape index (κ1) is 20.3. The molecule has 0 aliphatic heterocycles. The lowest BCUT2D eigenvalue weighted by Crippen LogP contribution is -2.21. The number of fused-ring (bicyclic) bond motifs is 1. The second-order valence-corrected chi connectivity index (χ2v) is 7.91. The van der Waals surface area contributed by atoms with Crippen LogP contribution in [-0.2, 0) is 6.18 Å². The number of anilines is 1. The number of halogens is 4. The monoisotopic (exact) mass is 493 g/mol. The molecule has 4 aromatic rings. The zero-order valence-corrected chi connectivity index (χ0v) is 17.3. The molecule has 0 saturated heterocycles. The van der Waals surface area contributed by atoms with Crippen LogP contribution in [0, 0.1) is 0 Å². The Morgan fingerprint density at radius 3 is 2.57 bits per heavy atom. The summed E-state index contributed by atoms with van der Waals surface area (Å²) in [5.74, 6) is -0.499. The van der Waals surface area contributed by atoms with Gasteiger partial charge in [0.05, 0.1) is 11.3 Å². The molecule has 4 rings (SSSR count).